The first-order chi connectivity index (χ1) is 12.7. The van der Waals surface area contributed by atoms with Crippen molar-refractivity contribution in [2.75, 3.05) is 33.8 Å². The van der Waals surface area contributed by atoms with Crippen LogP contribution in [0.2, 0.25) is 0 Å². The number of carbonyl (C=O) groups is 1. The summed E-state index contributed by atoms with van der Waals surface area (Å²) < 4.78 is 5.71. The highest BCUT2D eigenvalue weighted by Crippen LogP contribution is 2.21. The number of nitrogens with zero attached hydrogens (tertiary/aromatic N) is 2. The normalized spacial score (nSPS) is 14.9. The second-order valence-corrected chi connectivity index (χ2v) is 6.42. The van der Waals surface area contributed by atoms with Gasteiger partial charge in [-0.05, 0) is 24.8 Å². The number of aliphatic imine (C=N–C) groups is 1. The highest BCUT2D eigenvalue weighted by Gasteiger charge is 2.23. The van der Waals surface area contributed by atoms with Gasteiger partial charge < -0.3 is 20.3 Å². The quantitative estimate of drug-likeness (QED) is 0.269. The predicted octanol–water partition coefficient (Wildman–Crippen LogP) is 2.79. The van der Waals surface area contributed by atoms with Gasteiger partial charge >= 0.3 is 0 Å². The molecular formula is C20H31IN4O2. The maximum Gasteiger partial charge on any atom is 0.220 e. The van der Waals surface area contributed by atoms with Crippen LogP contribution in [-0.4, -0.2) is 50.6 Å². The number of piperidine rings is 1. The van der Waals surface area contributed by atoms with E-state index in [0.717, 1.165) is 43.2 Å². The fourth-order valence-electron chi connectivity index (χ4n) is 3.16. The molecule has 2 N–H and O–H groups in total. The van der Waals surface area contributed by atoms with Crippen LogP contribution in [0.5, 0.6) is 5.75 Å². The van der Waals surface area contributed by atoms with Crippen LogP contribution < -0.4 is 15.4 Å². The molecule has 0 atom stereocenters. The van der Waals surface area contributed by atoms with Gasteiger partial charge in [0.25, 0.3) is 0 Å². The molecule has 0 spiro atoms. The minimum atomic E-state index is 0. The van der Waals surface area contributed by atoms with Crippen LogP contribution in [0.25, 0.3) is 0 Å². The average molecular weight is 486 g/mol. The Balaban J connectivity index is 0.00000364. The van der Waals surface area contributed by atoms with E-state index in [-0.39, 0.29) is 29.9 Å². The summed E-state index contributed by atoms with van der Waals surface area (Å²) in [6, 6.07) is 7.99. The monoisotopic (exact) mass is 486 g/mol. The van der Waals surface area contributed by atoms with Crippen molar-refractivity contribution < 1.29 is 9.53 Å². The third-order valence-electron chi connectivity index (χ3n) is 4.65. The zero-order valence-electron chi connectivity index (χ0n) is 16.2. The topological polar surface area (TPSA) is 66.0 Å². The second-order valence-electron chi connectivity index (χ2n) is 6.42. The Morgan fingerprint density at radius 3 is 2.70 bits per heavy atom. The Kier molecular flexibility index (Phi) is 10.8. The van der Waals surface area contributed by atoms with E-state index in [9.17, 15) is 4.79 Å². The molecule has 1 amide bonds. The lowest BCUT2D eigenvalue weighted by Crippen LogP contribution is -2.45. The molecule has 0 aliphatic carbocycles. The zero-order valence-corrected chi connectivity index (χ0v) is 18.6. The summed E-state index contributed by atoms with van der Waals surface area (Å²) in [5.74, 6) is 2.33. The standard InChI is InChI=1S/C20H30N4O2.HI/c1-4-13-26-18-8-6-5-7-17(18)15-23-20(22-3)24-11-9-16(10-12-24)14-19(25)21-2;/h4-8,16H,1,9-15H2,2-3H3,(H,21,25)(H,22,23);1H. The van der Waals surface area contributed by atoms with E-state index in [1.165, 1.54) is 0 Å². The minimum Gasteiger partial charge on any atom is -0.489 e. The number of hydrogen-bond donors (Lipinski definition) is 2. The maximum absolute atomic E-state index is 11.5. The summed E-state index contributed by atoms with van der Waals surface area (Å²) in [6.07, 6.45) is 4.37. The Morgan fingerprint density at radius 1 is 1.37 bits per heavy atom. The summed E-state index contributed by atoms with van der Waals surface area (Å²) in [4.78, 5) is 18.2. The van der Waals surface area contributed by atoms with Crippen LogP contribution in [0.1, 0.15) is 24.8 Å². The average Bonchev–Trinajstić information content (AvgIpc) is 2.68. The number of nitrogens with one attached hydrogen (secondary N) is 2. The van der Waals surface area contributed by atoms with Crippen LogP contribution in [0.4, 0.5) is 0 Å². The smallest absolute Gasteiger partial charge is 0.220 e. The highest BCUT2D eigenvalue weighted by molar-refractivity contribution is 14.0. The molecule has 1 heterocycles. The molecule has 0 unspecified atom stereocenters. The van der Waals surface area contributed by atoms with Gasteiger partial charge in [0.1, 0.15) is 12.4 Å². The molecule has 0 saturated carbocycles. The SMILES string of the molecule is C=CCOc1ccccc1CNC(=NC)N1CCC(CC(=O)NC)CC1.I. The molecular weight excluding hydrogens is 455 g/mol. The Bertz CT molecular complexity index is 628. The molecule has 1 fully saturated rings. The first kappa shape index (κ1) is 23.3. The lowest BCUT2D eigenvalue weighted by molar-refractivity contribution is -0.121. The van der Waals surface area contributed by atoms with Crippen molar-refractivity contribution in [1.82, 2.24) is 15.5 Å². The summed E-state index contributed by atoms with van der Waals surface area (Å²) >= 11 is 0. The number of halogens is 1. The van der Waals surface area contributed by atoms with E-state index in [4.69, 9.17) is 4.74 Å². The number of amides is 1. The molecule has 1 aliphatic heterocycles. The molecule has 1 aromatic carbocycles. The summed E-state index contributed by atoms with van der Waals surface area (Å²) in [7, 11) is 3.50. The minimum absolute atomic E-state index is 0. The molecule has 0 aromatic heterocycles. The van der Waals surface area contributed by atoms with Gasteiger partial charge in [0.05, 0.1) is 0 Å². The molecule has 1 aliphatic rings. The molecule has 2 rings (SSSR count). The first-order valence-corrected chi connectivity index (χ1v) is 9.15. The molecule has 0 radical (unpaired) electrons. The van der Waals surface area contributed by atoms with Crippen molar-refractivity contribution in [3.05, 3.63) is 42.5 Å². The third kappa shape index (κ3) is 7.40. The summed E-state index contributed by atoms with van der Waals surface area (Å²) in [5, 5.41) is 6.14. The lowest BCUT2D eigenvalue weighted by atomic mass is 9.93. The number of ether oxygens (including phenoxy) is 1. The van der Waals surface area contributed by atoms with Crippen LogP contribution >= 0.6 is 24.0 Å². The van der Waals surface area contributed by atoms with Crippen molar-refractivity contribution in [3.8, 4) is 5.75 Å². The molecule has 1 aromatic rings. The number of carbonyl (C=O) groups excluding carboxylic acids is 1. The van der Waals surface area contributed by atoms with Crippen molar-refractivity contribution >= 4 is 35.8 Å². The first-order valence-electron chi connectivity index (χ1n) is 9.15. The lowest BCUT2D eigenvalue weighted by Gasteiger charge is -2.34. The third-order valence-corrected chi connectivity index (χ3v) is 4.65. The van der Waals surface area contributed by atoms with Crippen molar-refractivity contribution in [1.29, 1.82) is 0 Å². The van der Waals surface area contributed by atoms with Gasteiger partial charge in [-0.1, -0.05) is 30.9 Å². The zero-order chi connectivity index (χ0) is 18.8. The largest absolute Gasteiger partial charge is 0.489 e. The van der Waals surface area contributed by atoms with Crippen LogP contribution in [0.15, 0.2) is 41.9 Å². The van der Waals surface area contributed by atoms with Gasteiger partial charge in [0.15, 0.2) is 5.96 Å². The van der Waals surface area contributed by atoms with E-state index in [1.807, 2.05) is 24.3 Å². The van der Waals surface area contributed by atoms with Crippen LogP contribution in [-0.2, 0) is 11.3 Å². The number of benzene rings is 1. The number of guanidine groups is 1. The number of hydrogen-bond acceptors (Lipinski definition) is 3. The van der Waals surface area contributed by atoms with Gasteiger partial charge in [0, 0.05) is 45.7 Å². The Labute approximate surface area is 179 Å². The highest BCUT2D eigenvalue weighted by atomic mass is 127. The Hall–Kier alpha value is -1.77. The molecule has 6 nitrogen and oxygen atoms in total. The Morgan fingerprint density at radius 2 is 2.07 bits per heavy atom. The van der Waals surface area contributed by atoms with Crippen molar-refractivity contribution in [2.24, 2.45) is 10.9 Å². The van der Waals surface area contributed by atoms with E-state index < -0.39 is 0 Å². The molecule has 7 heteroatoms. The van der Waals surface area contributed by atoms with E-state index in [0.29, 0.717) is 25.5 Å². The summed E-state index contributed by atoms with van der Waals surface area (Å²) in [6.45, 7) is 6.66. The van der Waals surface area contributed by atoms with Gasteiger partial charge in [-0.15, -0.1) is 24.0 Å². The van der Waals surface area contributed by atoms with Gasteiger partial charge in [-0.2, -0.15) is 0 Å². The second kappa shape index (κ2) is 12.6. The van der Waals surface area contributed by atoms with Crippen LogP contribution in [0, 0.1) is 5.92 Å². The maximum atomic E-state index is 11.5. The van der Waals surface area contributed by atoms with E-state index in [1.54, 1.807) is 20.2 Å². The van der Waals surface area contributed by atoms with Gasteiger partial charge in [-0.3, -0.25) is 9.79 Å². The van der Waals surface area contributed by atoms with Gasteiger partial charge in [-0.25, -0.2) is 0 Å². The van der Waals surface area contributed by atoms with Crippen LogP contribution in [0.3, 0.4) is 0 Å². The molecule has 1 saturated heterocycles. The fourth-order valence-corrected chi connectivity index (χ4v) is 3.16. The molecule has 0 bridgehead atoms. The van der Waals surface area contributed by atoms with E-state index in [2.05, 4.69) is 27.1 Å². The number of likely N-dealkylation sites (tertiary alicyclic amines) is 1. The number of rotatable bonds is 7. The predicted molar refractivity (Wildman–Crippen MR) is 121 cm³/mol. The molecule has 150 valence electrons. The summed E-state index contributed by atoms with van der Waals surface area (Å²) in [5.41, 5.74) is 1.09. The fraction of sp³-hybridized carbons (Fsp3) is 0.500. The van der Waals surface area contributed by atoms with Gasteiger partial charge in [0.2, 0.25) is 5.91 Å². The number of para-hydroxylation sites is 1. The van der Waals surface area contributed by atoms with E-state index >= 15 is 0 Å². The van der Waals surface area contributed by atoms with Crippen molar-refractivity contribution in [2.45, 2.75) is 25.8 Å². The van der Waals surface area contributed by atoms with Crippen molar-refractivity contribution in [3.63, 3.8) is 0 Å². The molecule has 27 heavy (non-hydrogen) atoms.